The van der Waals surface area contributed by atoms with Gasteiger partial charge >= 0.3 is 0 Å². The smallest absolute Gasteiger partial charge is 0.252 e. The number of hydrogen-bond acceptors (Lipinski definition) is 4. The molecule has 1 aromatic heterocycles. The number of nitrogens with zero attached hydrogens (tertiary/aromatic N) is 2. The minimum atomic E-state index is -0.459. The van der Waals surface area contributed by atoms with Crippen molar-refractivity contribution in [1.29, 1.82) is 0 Å². The first-order valence-corrected chi connectivity index (χ1v) is 7.44. The summed E-state index contributed by atoms with van der Waals surface area (Å²) in [5.41, 5.74) is 9.20. The zero-order valence-electron chi connectivity index (χ0n) is 12.6. The molecule has 0 saturated heterocycles. The fourth-order valence-electron chi connectivity index (χ4n) is 3.00. The van der Waals surface area contributed by atoms with E-state index in [2.05, 4.69) is 46.5 Å². The Balaban J connectivity index is 1.78. The highest BCUT2D eigenvalue weighted by Crippen LogP contribution is 2.34. The predicted molar refractivity (Wildman–Crippen MR) is 88.3 cm³/mol. The third kappa shape index (κ3) is 2.74. The summed E-state index contributed by atoms with van der Waals surface area (Å²) in [4.78, 5) is 17.7. The first-order chi connectivity index (χ1) is 10.7. The molecule has 0 saturated carbocycles. The number of nitrogens with two attached hydrogens (primary N) is 1. The van der Waals surface area contributed by atoms with E-state index in [4.69, 9.17) is 5.73 Å². The first-order valence-electron chi connectivity index (χ1n) is 7.44. The normalized spacial score (nSPS) is 17.0. The lowest BCUT2D eigenvalue weighted by molar-refractivity contribution is 0.100. The van der Waals surface area contributed by atoms with Crippen LogP contribution in [0.2, 0.25) is 0 Å². The molecule has 2 heterocycles. The number of rotatable bonds is 4. The number of para-hydroxylation sites is 1. The van der Waals surface area contributed by atoms with Crippen molar-refractivity contribution in [2.24, 2.45) is 5.73 Å². The average molecular weight is 296 g/mol. The summed E-state index contributed by atoms with van der Waals surface area (Å²) in [5, 5.41) is 3.36. The van der Waals surface area contributed by atoms with E-state index in [0.29, 0.717) is 11.5 Å². The summed E-state index contributed by atoms with van der Waals surface area (Å²) in [6.07, 6.45) is 4.25. The van der Waals surface area contributed by atoms with Crippen LogP contribution in [0.4, 0.5) is 11.4 Å². The number of hydrogen-bond donors (Lipinski definition) is 2. The van der Waals surface area contributed by atoms with Gasteiger partial charge in [0.1, 0.15) is 0 Å². The number of pyridine rings is 1. The van der Waals surface area contributed by atoms with E-state index in [1.165, 1.54) is 17.4 Å². The fourth-order valence-corrected chi connectivity index (χ4v) is 3.00. The molecule has 114 valence electrons. The Kier molecular flexibility index (Phi) is 3.96. The van der Waals surface area contributed by atoms with E-state index in [1.807, 2.05) is 0 Å². The van der Waals surface area contributed by atoms with Gasteiger partial charge in [-0.1, -0.05) is 18.2 Å². The molecule has 0 spiro atoms. The highest BCUT2D eigenvalue weighted by atomic mass is 16.1. The van der Waals surface area contributed by atoms with Crippen LogP contribution in [-0.2, 0) is 0 Å². The van der Waals surface area contributed by atoms with Crippen LogP contribution in [-0.4, -0.2) is 31.0 Å². The lowest BCUT2D eigenvalue weighted by Crippen LogP contribution is -2.30. The van der Waals surface area contributed by atoms with Gasteiger partial charge < -0.3 is 16.0 Å². The van der Waals surface area contributed by atoms with Crippen LogP contribution in [0.15, 0.2) is 42.7 Å². The standard InChI is InChI=1S/C17H20N4O/c1-21-9-7-12(13-4-2-3-5-16(13)21)10-20-15-6-8-19-11-14(15)17(18)22/h2-6,8,11-12H,7,9-10H2,1H3,(H2,18,22)(H,19,20). The van der Waals surface area contributed by atoms with Crippen LogP contribution in [0, 0.1) is 0 Å². The average Bonchev–Trinajstić information content (AvgIpc) is 2.55. The highest BCUT2D eigenvalue weighted by molar-refractivity contribution is 5.98. The molecule has 0 radical (unpaired) electrons. The highest BCUT2D eigenvalue weighted by Gasteiger charge is 2.22. The zero-order valence-corrected chi connectivity index (χ0v) is 12.6. The third-order valence-electron chi connectivity index (χ3n) is 4.23. The Bertz CT molecular complexity index is 686. The molecule has 3 N–H and O–H groups in total. The number of primary amides is 1. The molecule has 2 aromatic rings. The molecule has 5 heteroatoms. The van der Waals surface area contributed by atoms with Gasteiger partial charge in [-0.3, -0.25) is 9.78 Å². The molecule has 1 atom stereocenters. The Morgan fingerprint density at radius 1 is 1.41 bits per heavy atom. The maximum Gasteiger partial charge on any atom is 0.252 e. The molecule has 0 bridgehead atoms. The molecule has 0 fully saturated rings. The number of carbonyl (C=O) groups excluding carboxylic acids is 1. The van der Waals surface area contributed by atoms with Gasteiger partial charge in [0, 0.05) is 44.1 Å². The lowest BCUT2D eigenvalue weighted by Gasteiger charge is -2.33. The number of carbonyl (C=O) groups is 1. The van der Waals surface area contributed by atoms with Crippen LogP contribution in [0.3, 0.4) is 0 Å². The first kappa shape index (κ1) is 14.4. The predicted octanol–water partition coefficient (Wildman–Crippen LogP) is 2.22. The van der Waals surface area contributed by atoms with Crippen molar-refractivity contribution in [2.45, 2.75) is 12.3 Å². The topological polar surface area (TPSA) is 71.2 Å². The summed E-state index contributed by atoms with van der Waals surface area (Å²) in [5.74, 6) is -0.0410. The van der Waals surface area contributed by atoms with E-state index in [9.17, 15) is 4.79 Å². The van der Waals surface area contributed by atoms with E-state index in [0.717, 1.165) is 25.2 Å². The Hall–Kier alpha value is -2.56. The van der Waals surface area contributed by atoms with Gasteiger partial charge in [-0.2, -0.15) is 0 Å². The fraction of sp³-hybridized carbons (Fsp3) is 0.294. The van der Waals surface area contributed by atoms with Crippen LogP contribution in [0.1, 0.15) is 28.3 Å². The molecule has 5 nitrogen and oxygen atoms in total. The number of amides is 1. The van der Waals surface area contributed by atoms with Gasteiger partial charge in [0.15, 0.2) is 0 Å². The number of fused-ring (bicyclic) bond motifs is 1. The van der Waals surface area contributed by atoms with E-state index in [1.54, 1.807) is 12.3 Å². The number of benzene rings is 1. The molecule has 3 rings (SSSR count). The largest absolute Gasteiger partial charge is 0.384 e. The van der Waals surface area contributed by atoms with Crippen molar-refractivity contribution in [1.82, 2.24) is 4.98 Å². The Morgan fingerprint density at radius 3 is 3.05 bits per heavy atom. The van der Waals surface area contributed by atoms with Crippen molar-refractivity contribution in [2.75, 3.05) is 30.4 Å². The van der Waals surface area contributed by atoms with Crippen LogP contribution in [0.5, 0.6) is 0 Å². The third-order valence-corrected chi connectivity index (χ3v) is 4.23. The van der Waals surface area contributed by atoms with Gasteiger partial charge in [0.2, 0.25) is 0 Å². The quantitative estimate of drug-likeness (QED) is 0.907. The van der Waals surface area contributed by atoms with Gasteiger partial charge in [0.25, 0.3) is 5.91 Å². The van der Waals surface area contributed by atoms with Crippen molar-refractivity contribution in [3.8, 4) is 0 Å². The Labute approximate surface area is 130 Å². The van der Waals surface area contributed by atoms with Gasteiger partial charge in [-0.15, -0.1) is 0 Å². The van der Waals surface area contributed by atoms with Crippen LogP contribution in [0.25, 0.3) is 0 Å². The minimum absolute atomic E-state index is 0.418. The number of anilines is 2. The molecule has 1 aromatic carbocycles. The minimum Gasteiger partial charge on any atom is -0.384 e. The van der Waals surface area contributed by atoms with Gasteiger partial charge in [-0.25, -0.2) is 0 Å². The second kappa shape index (κ2) is 6.05. The number of aromatic nitrogens is 1. The van der Waals surface area contributed by atoms with Crippen LogP contribution >= 0.6 is 0 Å². The summed E-state index contributed by atoms with van der Waals surface area (Å²) in [7, 11) is 2.12. The second-order valence-electron chi connectivity index (χ2n) is 5.63. The van der Waals surface area contributed by atoms with Crippen molar-refractivity contribution < 1.29 is 4.79 Å². The molecule has 1 unspecified atom stereocenters. The summed E-state index contributed by atoms with van der Waals surface area (Å²) >= 11 is 0. The van der Waals surface area contributed by atoms with Gasteiger partial charge in [0.05, 0.1) is 11.3 Å². The second-order valence-corrected chi connectivity index (χ2v) is 5.63. The zero-order chi connectivity index (χ0) is 15.5. The molecule has 0 aliphatic carbocycles. The SMILES string of the molecule is CN1CCC(CNc2ccncc2C(N)=O)c2ccccc21. The summed E-state index contributed by atoms with van der Waals surface area (Å²) in [6, 6.07) is 10.3. The molecular weight excluding hydrogens is 276 g/mol. The summed E-state index contributed by atoms with van der Waals surface area (Å²) < 4.78 is 0. The number of nitrogens with one attached hydrogen (secondary N) is 1. The monoisotopic (exact) mass is 296 g/mol. The molecule has 1 amide bonds. The van der Waals surface area contributed by atoms with E-state index >= 15 is 0 Å². The van der Waals surface area contributed by atoms with Crippen molar-refractivity contribution >= 4 is 17.3 Å². The van der Waals surface area contributed by atoms with Crippen LogP contribution < -0.4 is 16.0 Å². The van der Waals surface area contributed by atoms with Crippen molar-refractivity contribution in [3.05, 3.63) is 53.9 Å². The Morgan fingerprint density at radius 2 is 2.23 bits per heavy atom. The lowest BCUT2D eigenvalue weighted by atomic mass is 9.90. The molecule has 1 aliphatic heterocycles. The molecular formula is C17H20N4O. The van der Waals surface area contributed by atoms with E-state index in [-0.39, 0.29) is 0 Å². The van der Waals surface area contributed by atoms with E-state index < -0.39 is 5.91 Å². The van der Waals surface area contributed by atoms with Crippen molar-refractivity contribution in [3.63, 3.8) is 0 Å². The summed E-state index contributed by atoms with van der Waals surface area (Å²) in [6.45, 7) is 1.80. The van der Waals surface area contributed by atoms with Gasteiger partial charge in [-0.05, 0) is 24.1 Å². The molecule has 1 aliphatic rings. The maximum absolute atomic E-state index is 11.4. The maximum atomic E-state index is 11.4. The molecule has 22 heavy (non-hydrogen) atoms.